The molecule has 2 rings (SSSR count). The molecule has 1 saturated carbocycles. The monoisotopic (exact) mass is 291 g/mol. The largest absolute Gasteiger partial charge is 0.381 e. The summed E-state index contributed by atoms with van der Waals surface area (Å²) in [5, 5.41) is 10.7. The summed E-state index contributed by atoms with van der Waals surface area (Å²) in [6, 6.07) is 0. The van der Waals surface area contributed by atoms with Crippen LogP contribution in [0.15, 0.2) is 10.1 Å². The average molecular weight is 292 g/mol. The minimum Gasteiger partial charge on any atom is -0.381 e. The van der Waals surface area contributed by atoms with Crippen molar-refractivity contribution >= 4 is 27.3 Å². The van der Waals surface area contributed by atoms with Crippen LogP contribution in [0.1, 0.15) is 30.6 Å². The van der Waals surface area contributed by atoms with E-state index >= 15 is 0 Å². The fourth-order valence-corrected chi connectivity index (χ4v) is 3.92. The van der Waals surface area contributed by atoms with Crippen molar-refractivity contribution in [2.75, 3.05) is 7.11 Å². The molecule has 1 N–H and O–H groups in total. The number of aliphatic hydroxyl groups is 1. The first-order chi connectivity index (χ1) is 7.18. The lowest BCUT2D eigenvalue weighted by atomic mass is 9.81. The van der Waals surface area contributed by atoms with Gasteiger partial charge in [-0.05, 0) is 35.2 Å². The van der Waals surface area contributed by atoms with Gasteiger partial charge in [0.05, 0.1) is 16.5 Å². The molecule has 0 amide bonds. The Hall–Kier alpha value is 0.0300. The number of aromatic nitrogens is 1. The first-order valence-corrected chi connectivity index (χ1v) is 6.70. The fourth-order valence-electron chi connectivity index (χ4n) is 2.21. The lowest BCUT2D eigenvalue weighted by molar-refractivity contribution is -0.121. The van der Waals surface area contributed by atoms with E-state index in [1.807, 2.05) is 0 Å². The number of rotatable bonds is 2. The van der Waals surface area contributed by atoms with Crippen molar-refractivity contribution in [3.8, 4) is 0 Å². The van der Waals surface area contributed by atoms with Gasteiger partial charge in [-0.25, -0.2) is 4.98 Å². The molecule has 0 aliphatic heterocycles. The first-order valence-electron chi connectivity index (χ1n) is 5.03. The van der Waals surface area contributed by atoms with Crippen LogP contribution in [0.25, 0.3) is 0 Å². The van der Waals surface area contributed by atoms with Crippen molar-refractivity contribution in [3.63, 3.8) is 0 Å². The molecule has 1 heterocycles. The molecule has 1 fully saturated rings. The molecule has 15 heavy (non-hydrogen) atoms. The number of hydrogen-bond donors (Lipinski definition) is 1. The zero-order chi connectivity index (χ0) is 10.9. The third kappa shape index (κ3) is 1.98. The quantitative estimate of drug-likeness (QED) is 0.911. The third-order valence-electron chi connectivity index (χ3n) is 3.01. The molecular weight excluding hydrogens is 278 g/mol. The van der Waals surface area contributed by atoms with Crippen LogP contribution in [0.5, 0.6) is 0 Å². The van der Waals surface area contributed by atoms with Crippen LogP contribution in [-0.4, -0.2) is 23.3 Å². The van der Waals surface area contributed by atoms with Crippen LogP contribution in [0.2, 0.25) is 0 Å². The molecule has 1 aliphatic carbocycles. The second-order valence-corrected chi connectivity index (χ2v) is 5.47. The smallest absolute Gasteiger partial charge is 0.127 e. The summed E-state index contributed by atoms with van der Waals surface area (Å²) in [5.74, 6) is 0. The molecule has 3 nitrogen and oxygen atoms in total. The van der Waals surface area contributed by atoms with Gasteiger partial charge < -0.3 is 9.84 Å². The number of thiazole rings is 1. The summed E-state index contributed by atoms with van der Waals surface area (Å²) in [7, 11) is 1.66. The maximum Gasteiger partial charge on any atom is 0.127 e. The number of ether oxygens (including phenoxy) is 1. The van der Waals surface area contributed by atoms with Crippen molar-refractivity contribution in [1.29, 1.82) is 0 Å². The van der Waals surface area contributed by atoms with Crippen LogP contribution in [0.3, 0.4) is 0 Å². The summed E-state index contributed by atoms with van der Waals surface area (Å²) < 4.78 is 6.14. The van der Waals surface area contributed by atoms with Crippen LogP contribution >= 0.6 is 27.3 Å². The maximum atomic E-state index is 10.7. The highest BCUT2D eigenvalue weighted by molar-refractivity contribution is 9.10. The fraction of sp³-hybridized carbons (Fsp3) is 0.700. The Morgan fingerprint density at radius 2 is 2.47 bits per heavy atom. The van der Waals surface area contributed by atoms with E-state index in [4.69, 9.17) is 4.74 Å². The maximum absolute atomic E-state index is 10.7. The van der Waals surface area contributed by atoms with Gasteiger partial charge in [-0.2, -0.15) is 0 Å². The van der Waals surface area contributed by atoms with Crippen molar-refractivity contribution in [3.05, 3.63) is 15.0 Å². The molecule has 0 radical (unpaired) electrons. The van der Waals surface area contributed by atoms with Gasteiger partial charge in [0.25, 0.3) is 0 Å². The lowest BCUT2D eigenvalue weighted by Gasteiger charge is -2.38. The van der Waals surface area contributed by atoms with Gasteiger partial charge >= 0.3 is 0 Å². The molecular formula is C10H14BrNO2S. The van der Waals surface area contributed by atoms with Gasteiger partial charge in [-0.15, -0.1) is 11.3 Å². The van der Waals surface area contributed by atoms with Crippen molar-refractivity contribution < 1.29 is 9.84 Å². The second kappa shape index (κ2) is 4.49. The van der Waals surface area contributed by atoms with Gasteiger partial charge in [-0.3, -0.25) is 0 Å². The summed E-state index contributed by atoms with van der Waals surface area (Å²) in [6.07, 6.45) is 3.73. The Labute approximate surface area is 102 Å². The molecule has 2 unspecified atom stereocenters. The van der Waals surface area contributed by atoms with Crippen LogP contribution in [-0.2, 0) is 10.3 Å². The van der Waals surface area contributed by atoms with E-state index in [0.29, 0.717) is 0 Å². The molecule has 0 bridgehead atoms. The van der Waals surface area contributed by atoms with Crippen molar-refractivity contribution in [2.24, 2.45) is 0 Å². The Kier molecular flexibility index (Phi) is 3.45. The molecule has 5 heteroatoms. The van der Waals surface area contributed by atoms with Gasteiger partial charge in [-0.1, -0.05) is 6.42 Å². The van der Waals surface area contributed by atoms with E-state index in [0.717, 1.165) is 35.2 Å². The summed E-state index contributed by atoms with van der Waals surface area (Å²) in [5.41, 5.74) is 0.895. The molecule has 0 saturated heterocycles. The number of halogens is 1. The zero-order valence-electron chi connectivity index (χ0n) is 8.57. The predicted octanol–water partition coefficient (Wildman–Crippen LogP) is 2.68. The van der Waals surface area contributed by atoms with Gasteiger partial charge in [0.2, 0.25) is 0 Å². The van der Waals surface area contributed by atoms with Crippen LogP contribution in [0.4, 0.5) is 0 Å². The average Bonchev–Trinajstić information content (AvgIpc) is 2.66. The lowest BCUT2D eigenvalue weighted by Crippen LogP contribution is -2.42. The highest BCUT2D eigenvalue weighted by atomic mass is 79.9. The van der Waals surface area contributed by atoms with Crippen LogP contribution in [0, 0.1) is 0 Å². The zero-order valence-corrected chi connectivity index (χ0v) is 11.0. The normalized spacial score (nSPS) is 31.8. The van der Waals surface area contributed by atoms with E-state index < -0.39 is 5.60 Å². The van der Waals surface area contributed by atoms with E-state index in [1.54, 1.807) is 12.6 Å². The molecule has 2 atom stereocenters. The third-order valence-corrected chi connectivity index (χ3v) is 4.87. The van der Waals surface area contributed by atoms with Crippen molar-refractivity contribution in [2.45, 2.75) is 37.4 Å². The summed E-state index contributed by atoms with van der Waals surface area (Å²) in [6.45, 7) is 0. The van der Waals surface area contributed by atoms with E-state index in [9.17, 15) is 5.11 Å². The van der Waals surface area contributed by atoms with E-state index in [-0.39, 0.29) is 6.10 Å². The Morgan fingerprint density at radius 1 is 1.67 bits per heavy atom. The molecule has 0 aromatic carbocycles. The predicted molar refractivity (Wildman–Crippen MR) is 63.0 cm³/mol. The van der Waals surface area contributed by atoms with Crippen LogP contribution < -0.4 is 0 Å². The minimum absolute atomic E-state index is 0.108. The van der Waals surface area contributed by atoms with Gasteiger partial charge in [0, 0.05) is 7.11 Å². The Balaban J connectivity index is 2.34. The highest BCUT2D eigenvalue weighted by Crippen LogP contribution is 2.43. The Bertz CT molecular complexity index is 344. The minimum atomic E-state index is -0.854. The standard InChI is InChI=1S/C10H14BrNO2S/c1-14-7-4-2-3-5-10(7,13)8-9(11)12-6-15-8/h6-7,13H,2-5H2,1H3. The SMILES string of the molecule is COC1CCCCC1(O)c1scnc1Br. The molecule has 1 aliphatic rings. The molecule has 84 valence electrons. The van der Waals surface area contributed by atoms with E-state index in [1.165, 1.54) is 11.3 Å². The first kappa shape index (κ1) is 11.5. The summed E-state index contributed by atoms with van der Waals surface area (Å²) >= 11 is 4.86. The van der Waals surface area contributed by atoms with Crippen molar-refractivity contribution in [1.82, 2.24) is 4.98 Å². The highest BCUT2D eigenvalue weighted by Gasteiger charge is 2.43. The number of hydrogen-bond acceptors (Lipinski definition) is 4. The molecule has 1 aromatic rings. The Morgan fingerprint density at radius 3 is 3.07 bits per heavy atom. The number of methoxy groups -OCH3 is 1. The van der Waals surface area contributed by atoms with E-state index in [2.05, 4.69) is 20.9 Å². The van der Waals surface area contributed by atoms with Gasteiger partial charge in [0.15, 0.2) is 0 Å². The molecule has 0 spiro atoms. The summed E-state index contributed by atoms with van der Waals surface area (Å²) in [4.78, 5) is 5.02. The second-order valence-electron chi connectivity index (χ2n) is 3.87. The molecule has 1 aromatic heterocycles. The number of nitrogens with zero attached hydrogens (tertiary/aromatic N) is 1. The topological polar surface area (TPSA) is 42.4 Å². The van der Waals surface area contributed by atoms with Gasteiger partial charge in [0.1, 0.15) is 10.2 Å².